The van der Waals surface area contributed by atoms with E-state index in [0.717, 1.165) is 30.7 Å². The molecular weight excluding hydrogens is 404 g/mol. The summed E-state index contributed by atoms with van der Waals surface area (Å²) in [5.41, 5.74) is 4.22. The lowest BCUT2D eigenvalue weighted by atomic mass is 9.86. The lowest BCUT2D eigenvalue weighted by Crippen LogP contribution is -2.49. The lowest BCUT2D eigenvalue weighted by molar-refractivity contribution is -0.120. The summed E-state index contributed by atoms with van der Waals surface area (Å²) in [5, 5.41) is 6.79. The predicted octanol–water partition coefficient (Wildman–Crippen LogP) is 3.02. The molecule has 0 aliphatic carbocycles. The molecule has 5 heterocycles. The van der Waals surface area contributed by atoms with Crippen LogP contribution in [-0.4, -0.2) is 50.6 Å². The van der Waals surface area contributed by atoms with Crippen molar-refractivity contribution < 1.29 is 9.59 Å². The van der Waals surface area contributed by atoms with E-state index in [4.69, 9.17) is 0 Å². The quantitative estimate of drug-likeness (QED) is 0.670. The van der Waals surface area contributed by atoms with Gasteiger partial charge in [-0.05, 0) is 74.0 Å². The number of fused-ring (bicyclic) bond motifs is 1. The molecule has 3 amide bonds. The Morgan fingerprint density at radius 3 is 2.75 bits per heavy atom. The number of carbonyl (C=O) groups is 2. The number of piperidine rings is 1. The zero-order chi connectivity index (χ0) is 22.1. The first-order valence-corrected chi connectivity index (χ1v) is 11.3. The summed E-state index contributed by atoms with van der Waals surface area (Å²) in [6, 6.07) is 8.60. The molecule has 8 nitrogen and oxygen atoms in total. The summed E-state index contributed by atoms with van der Waals surface area (Å²) in [7, 11) is 0. The molecule has 3 aromatic rings. The summed E-state index contributed by atoms with van der Waals surface area (Å²) >= 11 is 0. The van der Waals surface area contributed by atoms with Crippen LogP contribution in [0.2, 0.25) is 0 Å². The van der Waals surface area contributed by atoms with Crippen LogP contribution in [0.15, 0.2) is 49.1 Å². The molecule has 2 aliphatic rings. The van der Waals surface area contributed by atoms with Crippen LogP contribution >= 0.6 is 0 Å². The Labute approximate surface area is 187 Å². The average molecular weight is 433 g/mol. The first kappa shape index (κ1) is 20.6. The molecule has 5 rings (SSSR count). The smallest absolute Gasteiger partial charge is 0.296 e. The second-order valence-corrected chi connectivity index (χ2v) is 8.92. The molecular formula is C24H28N6O2. The van der Waals surface area contributed by atoms with Gasteiger partial charge in [-0.2, -0.15) is 5.10 Å². The summed E-state index contributed by atoms with van der Waals surface area (Å²) < 4.78 is 1.79. The molecule has 0 radical (unpaired) electrons. The summed E-state index contributed by atoms with van der Waals surface area (Å²) in [6.45, 7) is 4.77. The fourth-order valence-corrected chi connectivity index (χ4v) is 4.93. The maximum absolute atomic E-state index is 12.3. The van der Waals surface area contributed by atoms with Gasteiger partial charge >= 0.3 is 6.03 Å². The van der Waals surface area contributed by atoms with Crippen LogP contribution in [0.25, 0.3) is 5.52 Å². The van der Waals surface area contributed by atoms with E-state index in [1.807, 2.05) is 18.6 Å². The molecule has 2 atom stereocenters. The molecule has 0 spiro atoms. The summed E-state index contributed by atoms with van der Waals surface area (Å²) in [4.78, 5) is 32.1. The number of anilines is 1. The molecule has 8 heteroatoms. The van der Waals surface area contributed by atoms with Crippen LogP contribution in [0, 0.1) is 5.92 Å². The van der Waals surface area contributed by atoms with Crippen LogP contribution in [-0.2, 0) is 17.8 Å². The average Bonchev–Trinajstić information content (AvgIpc) is 3.19. The Bertz CT molecular complexity index is 1130. The van der Waals surface area contributed by atoms with Crippen molar-refractivity contribution in [3.63, 3.8) is 0 Å². The van der Waals surface area contributed by atoms with E-state index < -0.39 is 0 Å². The fourth-order valence-electron chi connectivity index (χ4n) is 4.93. The SMILES string of the molecule is C[C@H]1CC(Cc2ccn3ncc(N4CCC(=O)NC4=O)c3c2)CCN1Cc1ccncc1. The number of aromatic nitrogens is 3. The number of amides is 3. The number of pyridine rings is 2. The Hall–Kier alpha value is -3.26. The Morgan fingerprint density at radius 1 is 1.12 bits per heavy atom. The largest absolute Gasteiger partial charge is 0.328 e. The van der Waals surface area contributed by atoms with Gasteiger partial charge in [0.2, 0.25) is 5.91 Å². The number of likely N-dealkylation sites (tertiary alicyclic amines) is 1. The molecule has 0 saturated carbocycles. The monoisotopic (exact) mass is 432 g/mol. The van der Waals surface area contributed by atoms with Crippen LogP contribution in [0.4, 0.5) is 10.5 Å². The highest BCUT2D eigenvalue weighted by Gasteiger charge is 2.28. The maximum Gasteiger partial charge on any atom is 0.328 e. The van der Waals surface area contributed by atoms with Gasteiger partial charge in [0.15, 0.2) is 0 Å². The normalized spacial score (nSPS) is 22.3. The number of nitrogens with zero attached hydrogens (tertiary/aromatic N) is 5. The minimum absolute atomic E-state index is 0.229. The number of nitrogens with one attached hydrogen (secondary N) is 1. The van der Waals surface area contributed by atoms with Crippen molar-refractivity contribution in [1.82, 2.24) is 24.8 Å². The molecule has 1 N–H and O–H groups in total. The number of carbonyl (C=O) groups excluding carboxylic acids is 2. The number of urea groups is 1. The maximum atomic E-state index is 12.3. The standard InChI is InChI=1S/C24H28N6O2/c1-17-12-19(4-9-28(17)16-18-2-7-25-8-3-18)13-20-5-11-30-21(14-20)22(15-26-30)29-10-6-23(31)27-24(29)32/h2-3,5,7-8,11,14-15,17,19H,4,6,9-10,12-13,16H2,1H3,(H,27,31,32)/t17-,19?/m0/s1. The van der Waals surface area contributed by atoms with Crippen LogP contribution < -0.4 is 10.2 Å². The van der Waals surface area contributed by atoms with Crippen LogP contribution in [0.5, 0.6) is 0 Å². The van der Waals surface area contributed by atoms with Gasteiger partial charge in [0.25, 0.3) is 0 Å². The highest BCUT2D eigenvalue weighted by atomic mass is 16.2. The molecule has 2 saturated heterocycles. The molecule has 2 fully saturated rings. The predicted molar refractivity (Wildman–Crippen MR) is 121 cm³/mol. The third-order valence-corrected chi connectivity index (χ3v) is 6.69. The third-order valence-electron chi connectivity index (χ3n) is 6.69. The van der Waals surface area contributed by atoms with Gasteiger partial charge in [0.1, 0.15) is 0 Å². The summed E-state index contributed by atoms with van der Waals surface area (Å²) in [6.07, 6.45) is 11.0. The van der Waals surface area contributed by atoms with Crippen molar-refractivity contribution >= 4 is 23.1 Å². The molecule has 0 aromatic carbocycles. The first-order chi connectivity index (χ1) is 15.6. The Morgan fingerprint density at radius 2 is 1.97 bits per heavy atom. The molecule has 32 heavy (non-hydrogen) atoms. The van der Waals surface area contributed by atoms with E-state index >= 15 is 0 Å². The van der Waals surface area contributed by atoms with Crippen molar-refractivity contribution in [2.45, 2.75) is 45.2 Å². The van der Waals surface area contributed by atoms with E-state index in [1.165, 1.54) is 24.0 Å². The van der Waals surface area contributed by atoms with Crippen LogP contribution in [0.3, 0.4) is 0 Å². The van der Waals surface area contributed by atoms with Crippen molar-refractivity contribution in [3.8, 4) is 0 Å². The second-order valence-electron chi connectivity index (χ2n) is 8.92. The number of imide groups is 1. The van der Waals surface area contributed by atoms with Crippen LogP contribution in [0.1, 0.15) is 37.3 Å². The number of hydrogen-bond donors (Lipinski definition) is 1. The molecule has 3 aromatic heterocycles. The Balaban J connectivity index is 1.27. The minimum atomic E-state index is -0.378. The topological polar surface area (TPSA) is 82.8 Å². The number of rotatable bonds is 5. The zero-order valence-electron chi connectivity index (χ0n) is 18.3. The minimum Gasteiger partial charge on any atom is -0.296 e. The van der Waals surface area contributed by atoms with Gasteiger partial charge in [-0.15, -0.1) is 0 Å². The lowest BCUT2D eigenvalue weighted by Gasteiger charge is -2.38. The van der Waals surface area contributed by atoms with Gasteiger partial charge in [0, 0.05) is 44.1 Å². The van der Waals surface area contributed by atoms with Crippen molar-refractivity contribution in [3.05, 3.63) is 60.2 Å². The third kappa shape index (κ3) is 4.23. The van der Waals surface area contributed by atoms with E-state index in [9.17, 15) is 9.59 Å². The zero-order valence-corrected chi connectivity index (χ0v) is 18.3. The molecule has 1 unspecified atom stereocenters. The first-order valence-electron chi connectivity index (χ1n) is 11.3. The molecule has 0 bridgehead atoms. The highest BCUT2D eigenvalue weighted by molar-refractivity contribution is 6.07. The molecule has 166 valence electrons. The molecule has 2 aliphatic heterocycles. The van der Waals surface area contributed by atoms with Gasteiger partial charge < -0.3 is 0 Å². The van der Waals surface area contributed by atoms with Crippen molar-refractivity contribution in [1.29, 1.82) is 0 Å². The van der Waals surface area contributed by atoms with Crippen molar-refractivity contribution in [2.24, 2.45) is 5.92 Å². The summed E-state index contributed by atoms with van der Waals surface area (Å²) in [5.74, 6) is 0.399. The van der Waals surface area contributed by atoms with Crippen molar-refractivity contribution in [2.75, 3.05) is 18.0 Å². The van der Waals surface area contributed by atoms with E-state index in [-0.39, 0.29) is 11.9 Å². The van der Waals surface area contributed by atoms with Gasteiger partial charge in [-0.25, -0.2) is 9.31 Å². The Kier molecular flexibility index (Phi) is 5.61. The van der Waals surface area contributed by atoms with Gasteiger partial charge in [-0.3, -0.25) is 24.9 Å². The second kappa shape index (κ2) is 8.70. The number of hydrogen-bond acceptors (Lipinski definition) is 5. The van der Waals surface area contributed by atoms with E-state index in [1.54, 1.807) is 15.6 Å². The van der Waals surface area contributed by atoms with E-state index in [0.29, 0.717) is 24.9 Å². The van der Waals surface area contributed by atoms with Gasteiger partial charge in [-0.1, -0.05) is 0 Å². The van der Waals surface area contributed by atoms with E-state index in [2.05, 4.69) is 51.5 Å². The highest BCUT2D eigenvalue weighted by Crippen LogP contribution is 2.29. The van der Waals surface area contributed by atoms with Gasteiger partial charge in [0.05, 0.1) is 17.4 Å². The fraction of sp³-hybridized carbons (Fsp3) is 0.417.